The number of amides is 1. The van der Waals surface area contributed by atoms with Crippen molar-refractivity contribution in [2.24, 2.45) is 0 Å². The first-order valence-electron chi connectivity index (χ1n) is 9.92. The molecule has 4 rings (SSSR count). The molecule has 0 fully saturated rings. The molecule has 1 N–H and O–H groups in total. The van der Waals surface area contributed by atoms with Gasteiger partial charge in [0.1, 0.15) is 11.6 Å². The van der Waals surface area contributed by atoms with E-state index in [1.807, 2.05) is 6.92 Å². The summed E-state index contributed by atoms with van der Waals surface area (Å²) in [6.07, 6.45) is 0. The summed E-state index contributed by atoms with van der Waals surface area (Å²) in [5.41, 5.74) is 1.38. The predicted octanol–water partition coefficient (Wildman–Crippen LogP) is 5.23. The number of ether oxygens (including phenoxy) is 1. The van der Waals surface area contributed by atoms with E-state index >= 15 is 0 Å². The van der Waals surface area contributed by atoms with Crippen LogP contribution >= 0.6 is 23.4 Å². The van der Waals surface area contributed by atoms with Crippen molar-refractivity contribution in [2.45, 2.75) is 12.1 Å². The number of fused-ring (bicyclic) bond motifs is 1. The molecule has 3 aromatic carbocycles. The minimum absolute atomic E-state index is 0.0654. The lowest BCUT2D eigenvalue weighted by Gasteiger charge is -2.14. The summed E-state index contributed by atoms with van der Waals surface area (Å²) in [6, 6.07) is 16.1. The fraction of sp³-hybridized carbons (Fsp3) is 0.125. The van der Waals surface area contributed by atoms with Gasteiger partial charge in [0, 0.05) is 11.1 Å². The molecule has 0 saturated carbocycles. The van der Waals surface area contributed by atoms with Crippen LogP contribution in [0, 0.1) is 12.7 Å². The molecule has 1 amide bonds. The number of hydrogen-bond donors (Lipinski definition) is 1. The Kier molecular flexibility index (Phi) is 6.67. The maximum atomic E-state index is 14.6. The number of rotatable bonds is 6. The quantitative estimate of drug-likeness (QED) is 0.300. The van der Waals surface area contributed by atoms with E-state index in [4.69, 9.17) is 16.3 Å². The van der Waals surface area contributed by atoms with E-state index in [0.29, 0.717) is 27.4 Å². The monoisotopic (exact) mass is 483 g/mol. The van der Waals surface area contributed by atoms with Crippen LogP contribution in [0.4, 0.5) is 10.1 Å². The predicted molar refractivity (Wildman–Crippen MR) is 129 cm³/mol. The number of aryl methyl sites for hydroxylation is 1. The zero-order valence-corrected chi connectivity index (χ0v) is 19.3. The number of anilines is 1. The van der Waals surface area contributed by atoms with Gasteiger partial charge in [0.25, 0.3) is 5.56 Å². The Balaban J connectivity index is 1.67. The highest BCUT2D eigenvalue weighted by molar-refractivity contribution is 7.99. The molecule has 0 spiro atoms. The standard InChI is InChI=1S/C24H19ClFN3O3S/c1-14-11-19(21(32-2)12-16(14)25)27-22(30)13-33-24-28-18-9-5-3-7-15(18)23(31)29(24)20-10-6-4-8-17(20)26/h3-12H,13H2,1-2H3,(H,27,30). The first-order chi connectivity index (χ1) is 15.9. The number of aromatic nitrogens is 2. The van der Waals surface area contributed by atoms with Crippen LogP contribution in [-0.2, 0) is 4.79 Å². The van der Waals surface area contributed by atoms with Gasteiger partial charge in [-0.2, -0.15) is 0 Å². The molecule has 33 heavy (non-hydrogen) atoms. The summed E-state index contributed by atoms with van der Waals surface area (Å²) in [6.45, 7) is 1.82. The molecule has 6 nitrogen and oxygen atoms in total. The molecule has 0 unspecified atom stereocenters. The van der Waals surface area contributed by atoms with Crippen LogP contribution in [0.25, 0.3) is 16.6 Å². The van der Waals surface area contributed by atoms with Gasteiger partial charge in [-0.15, -0.1) is 0 Å². The van der Waals surface area contributed by atoms with Crippen LogP contribution in [0.5, 0.6) is 5.75 Å². The third-order valence-electron chi connectivity index (χ3n) is 4.93. The molecular formula is C24H19ClFN3O3S. The van der Waals surface area contributed by atoms with Crippen molar-refractivity contribution in [1.29, 1.82) is 0 Å². The lowest BCUT2D eigenvalue weighted by atomic mass is 10.2. The number of carbonyl (C=O) groups excluding carboxylic acids is 1. The molecule has 0 aliphatic heterocycles. The number of methoxy groups -OCH3 is 1. The average molecular weight is 484 g/mol. The highest BCUT2D eigenvalue weighted by Gasteiger charge is 2.18. The molecule has 0 saturated heterocycles. The lowest BCUT2D eigenvalue weighted by molar-refractivity contribution is -0.113. The molecule has 0 aliphatic rings. The number of hydrogen-bond acceptors (Lipinski definition) is 5. The number of thioether (sulfide) groups is 1. The van der Waals surface area contributed by atoms with Gasteiger partial charge in [-0.3, -0.25) is 14.2 Å². The highest BCUT2D eigenvalue weighted by Crippen LogP contribution is 2.31. The molecule has 0 atom stereocenters. The minimum atomic E-state index is -0.565. The fourth-order valence-electron chi connectivity index (χ4n) is 3.30. The van der Waals surface area contributed by atoms with Crippen LogP contribution in [0.3, 0.4) is 0 Å². The van der Waals surface area contributed by atoms with Crippen molar-refractivity contribution in [3.8, 4) is 11.4 Å². The molecular weight excluding hydrogens is 465 g/mol. The summed E-state index contributed by atoms with van der Waals surface area (Å²) in [4.78, 5) is 30.4. The van der Waals surface area contributed by atoms with Gasteiger partial charge in [0.15, 0.2) is 5.16 Å². The van der Waals surface area contributed by atoms with Crippen LogP contribution in [0.1, 0.15) is 5.56 Å². The van der Waals surface area contributed by atoms with E-state index in [9.17, 15) is 14.0 Å². The molecule has 168 valence electrons. The fourth-order valence-corrected chi connectivity index (χ4v) is 4.26. The Bertz CT molecular complexity index is 1420. The van der Waals surface area contributed by atoms with Gasteiger partial charge in [0.05, 0.1) is 35.1 Å². The normalized spacial score (nSPS) is 10.9. The maximum absolute atomic E-state index is 14.6. The van der Waals surface area contributed by atoms with E-state index in [1.165, 1.54) is 23.8 Å². The third-order valence-corrected chi connectivity index (χ3v) is 6.27. The van der Waals surface area contributed by atoms with Crippen molar-refractivity contribution in [3.05, 3.63) is 87.4 Å². The third kappa shape index (κ3) is 4.72. The molecule has 1 heterocycles. The Hall–Kier alpha value is -3.36. The Morgan fingerprint density at radius 2 is 1.91 bits per heavy atom. The first-order valence-corrected chi connectivity index (χ1v) is 11.3. The van der Waals surface area contributed by atoms with Gasteiger partial charge in [-0.25, -0.2) is 9.37 Å². The van der Waals surface area contributed by atoms with E-state index in [0.717, 1.165) is 17.3 Å². The molecule has 0 aliphatic carbocycles. The summed E-state index contributed by atoms with van der Waals surface area (Å²) < 4.78 is 21.1. The Morgan fingerprint density at radius 1 is 1.18 bits per heavy atom. The van der Waals surface area contributed by atoms with Gasteiger partial charge in [-0.1, -0.05) is 47.6 Å². The van der Waals surface area contributed by atoms with Crippen molar-refractivity contribution in [2.75, 3.05) is 18.2 Å². The van der Waals surface area contributed by atoms with Gasteiger partial charge >= 0.3 is 0 Å². The van der Waals surface area contributed by atoms with E-state index < -0.39 is 11.4 Å². The number of carbonyl (C=O) groups is 1. The largest absolute Gasteiger partial charge is 0.495 e. The summed E-state index contributed by atoms with van der Waals surface area (Å²) >= 11 is 7.16. The number of halogens is 2. The first kappa shape index (κ1) is 22.8. The van der Waals surface area contributed by atoms with E-state index in [1.54, 1.807) is 48.5 Å². The topological polar surface area (TPSA) is 73.2 Å². The summed E-state index contributed by atoms with van der Waals surface area (Å²) in [5.74, 6) is -0.549. The number of benzene rings is 3. The maximum Gasteiger partial charge on any atom is 0.266 e. The molecule has 0 bridgehead atoms. The van der Waals surface area contributed by atoms with Gasteiger partial charge < -0.3 is 10.1 Å². The SMILES string of the molecule is COc1cc(Cl)c(C)cc1NC(=O)CSc1nc2ccccc2c(=O)n1-c1ccccc1F. The van der Waals surface area contributed by atoms with Crippen LogP contribution in [0.2, 0.25) is 5.02 Å². The van der Waals surface area contributed by atoms with E-state index in [-0.39, 0.29) is 22.5 Å². The summed E-state index contributed by atoms with van der Waals surface area (Å²) in [5, 5.41) is 3.88. The molecule has 0 radical (unpaired) electrons. The molecule has 4 aromatic rings. The zero-order chi connectivity index (χ0) is 23.5. The van der Waals surface area contributed by atoms with Crippen molar-refractivity contribution in [1.82, 2.24) is 9.55 Å². The van der Waals surface area contributed by atoms with Crippen molar-refractivity contribution < 1.29 is 13.9 Å². The highest BCUT2D eigenvalue weighted by atomic mass is 35.5. The van der Waals surface area contributed by atoms with Crippen molar-refractivity contribution in [3.63, 3.8) is 0 Å². The van der Waals surface area contributed by atoms with E-state index in [2.05, 4.69) is 10.3 Å². The van der Waals surface area contributed by atoms with Gasteiger partial charge in [0.2, 0.25) is 5.91 Å². The second-order valence-corrected chi connectivity index (χ2v) is 8.49. The summed E-state index contributed by atoms with van der Waals surface area (Å²) in [7, 11) is 1.48. The number of nitrogens with zero attached hydrogens (tertiary/aromatic N) is 2. The van der Waals surface area contributed by atoms with Gasteiger partial charge in [-0.05, 0) is 42.8 Å². The minimum Gasteiger partial charge on any atom is -0.495 e. The van der Waals surface area contributed by atoms with Crippen LogP contribution in [-0.4, -0.2) is 28.3 Å². The zero-order valence-electron chi connectivity index (χ0n) is 17.8. The smallest absolute Gasteiger partial charge is 0.266 e. The van der Waals surface area contributed by atoms with Crippen LogP contribution < -0.4 is 15.6 Å². The number of para-hydroxylation sites is 2. The van der Waals surface area contributed by atoms with Crippen molar-refractivity contribution >= 4 is 45.9 Å². The molecule has 9 heteroatoms. The lowest BCUT2D eigenvalue weighted by Crippen LogP contribution is -2.23. The second kappa shape index (κ2) is 9.64. The second-order valence-electron chi connectivity index (χ2n) is 7.14. The number of nitrogens with one attached hydrogen (secondary N) is 1. The Labute approximate surface area is 198 Å². The van der Waals surface area contributed by atoms with Crippen LogP contribution in [0.15, 0.2) is 70.6 Å². The molecule has 1 aromatic heterocycles. The average Bonchev–Trinajstić information content (AvgIpc) is 2.81. The Morgan fingerprint density at radius 3 is 2.67 bits per heavy atom.